The van der Waals surface area contributed by atoms with Crippen LogP contribution < -0.4 is 5.73 Å². The fourth-order valence-electron chi connectivity index (χ4n) is 1.88. The normalized spacial score (nSPS) is 12.0. The number of nitrogens with zero attached hydrogens (tertiary/aromatic N) is 3. The minimum atomic E-state index is -0.336. The average molecular weight is 323 g/mol. The first kappa shape index (κ1) is 18.2. The van der Waals surface area contributed by atoms with E-state index >= 15 is 0 Å². The van der Waals surface area contributed by atoms with Gasteiger partial charge in [0.2, 0.25) is 0 Å². The molecule has 0 aromatic heterocycles. The summed E-state index contributed by atoms with van der Waals surface area (Å²) in [6.07, 6.45) is 1.87. The van der Waals surface area contributed by atoms with E-state index < -0.39 is 0 Å². The third-order valence-corrected chi connectivity index (χ3v) is 3.76. The van der Waals surface area contributed by atoms with E-state index in [9.17, 15) is 5.26 Å². The number of halogens is 1. The molecule has 1 aromatic carbocycles. The van der Waals surface area contributed by atoms with Crippen molar-refractivity contribution in [2.75, 3.05) is 0 Å². The maximum absolute atomic E-state index is 9.22. The van der Waals surface area contributed by atoms with E-state index in [1.165, 1.54) is 0 Å². The Labute approximate surface area is 141 Å². The monoisotopic (exact) mass is 322 g/mol. The molecule has 0 spiro atoms. The maximum atomic E-state index is 9.22. The van der Waals surface area contributed by atoms with Gasteiger partial charge in [-0.15, -0.1) is 6.58 Å². The SMILES string of the molecule is C=CC(N)C/C(C#N)=C(/Cl)c1ccc(C(C)=C(C#N)C#N)cc1. The van der Waals surface area contributed by atoms with Gasteiger partial charge in [0.05, 0.1) is 16.7 Å². The standard InChI is InChI=1S/C18H15ClN4/c1-3-17(23)8-15(9-20)18(19)14-6-4-13(5-7-14)12(2)16(10-21)11-22/h3-7,17H,1,8,23H2,2H3/b18-15-. The molecule has 0 saturated carbocycles. The van der Waals surface area contributed by atoms with Crippen molar-refractivity contribution in [3.05, 3.63) is 59.2 Å². The van der Waals surface area contributed by atoms with E-state index in [1.54, 1.807) is 37.3 Å². The third-order valence-electron chi connectivity index (χ3n) is 3.31. The molecule has 0 saturated heterocycles. The van der Waals surface area contributed by atoms with Crippen LogP contribution in [-0.2, 0) is 0 Å². The maximum Gasteiger partial charge on any atom is 0.133 e. The summed E-state index contributed by atoms with van der Waals surface area (Å²) in [7, 11) is 0. The zero-order valence-corrected chi connectivity index (χ0v) is 13.4. The van der Waals surface area contributed by atoms with Crippen LogP contribution in [0.5, 0.6) is 0 Å². The van der Waals surface area contributed by atoms with Crippen molar-refractivity contribution in [2.45, 2.75) is 19.4 Å². The highest BCUT2D eigenvalue weighted by molar-refractivity contribution is 6.49. The van der Waals surface area contributed by atoms with Crippen LogP contribution in [0.15, 0.2) is 48.1 Å². The number of nitriles is 3. The molecule has 0 fully saturated rings. The van der Waals surface area contributed by atoms with Crippen molar-refractivity contribution in [3.63, 3.8) is 0 Å². The van der Waals surface area contributed by atoms with Crippen LogP contribution >= 0.6 is 11.6 Å². The lowest BCUT2D eigenvalue weighted by atomic mass is 9.99. The smallest absolute Gasteiger partial charge is 0.133 e. The van der Waals surface area contributed by atoms with Gasteiger partial charge in [0, 0.05) is 12.5 Å². The van der Waals surface area contributed by atoms with Gasteiger partial charge in [0.25, 0.3) is 0 Å². The number of hydrogen-bond donors (Lipinski definition) is 1. The lowest BCUT2D eigenvalue weighted by Gasteiger charge is -2.08. The molecule has 0 aliphatic heterocycles. The topological polar surface area (TPSA) is 97.4 Å². The van der Waals surface area contributed by atoms with Crippen LogP contribution in [0.25, 0.3) is 10.6 Å². The van der Waals surface area contributed by atoms with Crippen LogP contribution in [0.3, 0.4) is 0 Å². The molecule has 114 valence electrons. The molecule has 0 bridgehead atoms. The Balaban J connectivity index is 3.21. The Morgan fingerprint density at radius 1 is 1.17 bits per heavy atom. The summed E-state index contributed by atoms with van der Waals surface area (Å²) < 4.78 is 0. The number of hydrogen-bond acceptors (Lipinski definition) is 4. The lowest BCUT2D eigenvalue weighted by molar-refractivity contribution is 0.820. The van der Waals surface area contributed by atoms with Crippen molar-refractivity contribution in [1.29, 1.82) is 15.8 Å². The molecule has 5 heteroatoms. The summed E-state index contributed by atoms with van der Waals surface area (Å²) >= 11 is 6.27. The number of allylic oxidation sites excluding steroid dienone is 2. The minimum Gasteiger partial charge on any atom is -0.324 e. The van der Waals surface area contributed by atoms with Gasteiger partial charge >= 0.3 is 0 Å². The molecule has 0 aliphatic rings. The average Bonchev–Trinajstić information content (AvgIpc) is 2.59. The molecule has 0 radical (unpaired) electrons. The van der Waals surface area contributed by atoms with Gasteiger partial charge in [-0.05, 0) is 23.6 Å². The molecule has 2 N–H and O–H groups in total. The van der Waals surface area contributed by atoms with E-state index in [4.69, 9.17) is 27.9 Å². The van der Waals surface area contributed by atoms with Crippen LogP contribution in [0.1, 0.15) is 24.5 Å². The molecule has 0 heterocycles. The first-order valence-electron chi connectivity index (χ1n) is 6.77. The van der Waals surface area contributed by atoms with Gasteiger partial charge in [-0.3, -0.25) is 0 Å². The van der Waals surface area contributed by atoms with E-state index in [1.807, 2.05) is 12.1 Å². The van der Waals surface area contributed by atoms with Gasteiger partial charge < -0.3 is 5.73 Å². The van der Waals surface area contributed by atoms with Crippen LogP contribution in [0, 0.1) is 34.0 Å². The second-order valence-corrected chi connectivity index (χ2v) is 5.19. The molecule has 0 aliphatic carbocycles. The van der Waals surface area contributed by atoms with Crippen LogP contribution in [0.4, 0.5) is 0 Å². The first-order valence-corrected chi connectivity index (χ1v) is 7.15. The van der Waals surface area contributed by atoms with E-state index in [2.05, 4.69) is 12.6 Å². The van der Waals surface area contributed by atoms with E-state index in [0.717, 1.165) is 5.56 Å². The Bertz CT molecular complexity index is 764. The molecular weight excluding hydrogens is 308 g/mol. The van der Waals surface area contributed by atoms with Crippen molar-refractivity contribution >= 4 is 22.2 Å². The van der Waals surface area contributed by atoms with Gasteiger partial charge in [0.1, 0.15) is 17.7 Å². The summed E-state index contributed by atoms with van der Waals surface area (Å²) in [5.41, 5.74) is 8.22. The third kappa shape index (κ3) is 4.56. The molecule has 23 heavy (non-hydrogen) atoms. The second-order valence-electron chi connectivity index (χ2n) is 4.81. The highest BCUT2D eigenvalue weighted by Gasteiger charge is 2.11. The van der Waals surface area contributed by atoms with E-state index in [0.29, 0.717) is 28.2 Å². The fourth-order valence-corrected chi connectivity index (χ4v) is 2.13. The molecule has 1 unspecified atom stereocenters. The molecule has 0 amide bonds. The highest BCUT2D eigenvalue weighted by Crippen LogP contribution is 2.27. The van der Waals surface area contributed by atoms with Gasteiger partial charge in [-0.2, -0.15) is 15.8 Å². The largest absolute Gasteiger partial charge is 0.324 e. The predicted octanol–water partition coefficient (Wildman–Crippen LogP) is 3.88. The number of benzene rings is 1. The van der Waals surface area contributed by atoms with E-state index in [-0.39, 0.29) is 11.6 Å². The predicted molar refractivity (Wildman–Crippen MR) is 91.4 cm³/mol. The summed E-state index contributed by atoms with van der Waals surface area (Å²) in [5, 5.41) is 27.3. The Morgan fingerprint density at radius 2 is 1.70 bits per heavy atom. The second kappa shape index (κ2) is 8.57. The molecular formula is C18H15ClN4. The van der Waals surface area contributed by atoms with Crippen molar-refractivity contribution in [3.8, 4) is 18.2 Å². The molecule has 4 nitrogen and oxygen atoms in total. The van der Waals surface area contributed by atoms with Gasteiger partial charge in [-0.1, -0.05) is 41.9 Å². The summed E-state index contributed by atoms with van der Waals surface area (Å²) in [6, 6.07) is 12.4. The zero-order valence-electron chi connectivity index (χ0n) is 12.7. The van der Waals surface area contributed by atoms with Gasteiger partial charge in [0.15, 0.2) is 0 Å². The highest BCUT2D eigenvalue weighted by atomic mass is 35.5. The van der Waals surface area contributed by atoms with Crippen LogP contribution in [-0.4, -0.2) is 6.04 Å². The summed E-state index contributed by atoms with van der Waals surface area (Å²) in [6.45, 7) is 5.29. The number of rotatable bonds is 5. The Kier molecular flexibility index (Phi) is 6.78. The Morgan fingerprint density at radius 3 is 2.13 bits per heavy atom. The van der Waals surface area contributed by atoms with Crippen LogP contribution in [0.2, 0.25) is 0 Å². The minimum absolute atomic E-state index is 0.0639. The molecule has 1 atom stereocenters. The summed E-state index contributed by atoms with van der Waals surface area (Å²) in [5.74, 6) is 0. The molecule has 1 rings (SSSR count). The zero-order chi connectivity index (χ0) is 17.4. The number of nitrogens with two attached hydrogens (primary N) is 1. The van der Waals surface area contributed by atoms with Crippen molar-refractivity contribution < 1.29 is 0 Å². The van der Waals surface area contributed by atoms with Gasteiger partial charge in [-0.25, -0.2) is 0 Å². The first-order chi connectivity index (χ1) is 11.0. The summed E-state index contributed by atoms with van der Waals surface area (Å²) in [4.78, 5) is 0. The molecule has 1 aromatic rings. The Hall–Kier alpha value is -2.84. The van der Waals surface area contributed by atoms with Crippen molar-refractivity contribution in [1.82, 2.24) is 0 Å². The lowest BCUT2D eigenvalue weighted by Crippen LogP contribution is -2.16. The quantitative estimate of drug-likeness (QED) is 0.656. The van der Waals surface area contributed by atoms with Crippen molar-refractivity contribution in [2.24, 2.45) is 5.73 Å². The fraction of sp³-hybridized carbons (Fsp3) is 0.167.